The van der Waals surface area contributed by atoms with Crippen molar-refractivity contribution in [3.05, 3.63) is 10.0 Å². The summed E-state index contributed by atoms with van der Waals surface area (Å²) in [7, 11) is 0. The second-order valence-corrected chi connectivity index (χ2v) is 8.47. The minimum atomic E-state index is 0.693. The number of hydrogen-bond acceptors (Lipinski definition) is 4. The SMILES string of the molecule is CC(C)CNCc1nnc(C2CCC3CCCCC3C2)s1. The van der Waals surface area contributed by atoms with Gasteiger partial charge in [-0.1, -0.05) is 50.9 Å². The lowest BCUT2D eigenvalue weighted by atomic mass is 9.68. The van der Waals surface area contributed by atoms with Crippen LogP contribution in [0.1, 0.15) is 74.7 Å². The van der Waals surface area contributed by atoms with Gasteiger partial charge in [0, 0.05) is 12.5 Å². The normalized spacial score (nSPS) is 29.6. The molecule has 0 aliphatic heterocycles. The Morgan fingerprint density at radius 3 is 2.71 bits per heavy atom. The minimum Gasteiger partial charge on any atom is -0.310 e. The summed E-state index contributed by atoms with van der Waals surface area (Å²) in [6.07, 6.45) is 10.0. The summed E-state index contributed by atoms with van der Waals surface area (Å²) >= 11 is 1.85. The molecular formula is C17H29N3S. The van der Waals surface area contributed by atoms with E-state index in [2.05, 4.69) is 29.4 Å². The van der Waals surface area contributed by atoms with Crippen LogP contribution in [0.5, 0.6) is 0 Å². The lowest BCUT2D eigenvalue weighted by Crippen LogP contribution is -2.26. The molecule has 1 aromatic rings. The minimum absolute atomic E-state index is 0.693. The molecule has 1 N–H and O–H groups in total. The third kappa shape index (κ3) is 4.04. The molecule has 21 heavy (non-hydrogen) atoms. The van der Waals surface area contributed by atoms with Crippen LogP contribution >= 0.6 is 11.3 Å². The zero-order valence-electron chi connectivity index (χ0n) is 13.5. The molecule has 2 fully saturated rings. The van der Waals surface area contributed by atoms with Gasteiger partial charge in [0.2, 0.25) is 0 Å². The first kappa shape index (κ1) is 15.4. The molecule has 4 heteroatoms. The molecule has 0 saturated heterocycles. The van der Waals surface area contributed by atoms with Gasteiger partial charge in [0.15, 0.2) is 0 Å². The van der Waals surface area contributed by atoms with Gasteiger partial charge < -0.3 is 5.32 Å². The number of nitrogens with zero attached hydrogens (tertiary/aromatic N) is 2. The highest BCUT2D eigenvalue weighted by molar-refractivity contribution is 7.11. The molecule has 3 rings (SSSR count). The van der Waals surface area contributed by atoms with Crippen LogP contribution in [0.15, 0.2) is 0 Å². The summed E-state index contributed by atoms with van der Waals surface area (Å²) < 4.78 is 0. The molecule has 0 radical (unpaired) electrons. The van der Waals surface area contributed by atoms with Crippen molar-refractivity contribution in [2.75, 3.05) is 6.54 Å². The molecule has 3 nitrogen and oxygen atoms in total. The van der Waals surface area contributed by atoms with Gasteiger partial charge in [-0.25, -0.2) is 0 Å². The average molecular weight is 308 g/mol. The predicted octanol–water partition coefficient (Wildman–Crippen LogP) is 4.36. The Labute approximate surface area is 132 Å². The molecule has 0 amide bonds. The van der Waals surface area contributed by atoms with E-state index in [1.54, 1.807) is 0 Å². The van der Waals surface area contributed by atoms with E-state index in [0.717, 1.165) is 29.9 Å². The highest BCUT2D eigenvalue weighted by Crippen LogP contribution is 2.46. The van der Waals surface area contributed by atoms with Crippen LogP contribution in [0, 0.1) is 17.8 Å². The van der Waals surface area contributed by atoms with Crippen LogP contribution in [0.3, 0.4) is 0 Å². The molecule has 0 aromatic carbocycles. The van der Waals surface area contributed by atoms with E-state index < -0.39 is 0 Å². The quantitative estimate of drug-likeness (QED) is 0.878. The van der Waals surface area contributed by atoms with E-state index in [1.165, 1.54) is 50.0 Å². The van der Waals surface area contributed by atoms with Crippen molar-refractivity contribution < 1.29 is 0 Å². The van der Waals surface area contributed by atoms with Gasteiger partial charge >= 0.3 is 0 Å². The Kier molecular flexibility index (Phi) is 5.28. The van der Waals surface area contributed by atoms with Crippen molar-refractivity contribution in [1.82, 2.24) is 15.5 Å². The fourth-order valence-electron chi connectivity index (χ4n) is 4.07. The van der Waals surface area contributed by atoms with Crippen molar-refractivity contribution in [2.24, 2.45) is 17.8 Å². The van der Waals surface area contributed by atoms with Gasteiger partial charge in [-0.3, -0.25) is 0 Å². The molecule has 0 bridgehead atoms. The Balaban J connectivity index is 1.53. The molecular weight excluding hydrogens is 278 g/mol. The second kappa shape index (κ2) is 7.19. The number of fused-ring (bicyclic) bond motifs is 1. The zero-order valence-corrected chi connectivity index (χ0v) is 14.3. The fourth-order valence-corrected chi connectivity index (χ4v) is 5.03. The summed E-state index contributed by atoms with van der Waals surface area (Å²) in [5.74, 6) is 3.39. The van der Waals surface area contributed by atoms with Crippen molar-refractivity contribution in [3.8, 4) is 0 Å². The average Bonchev–Trinajstić information content (AvgIpc) is 2.95. The first-order valence-electron chi connectivity index (χ1n) is 8.75. The van der Waals surface area contributed by atoms with Crippen molar-refractivity contribution >= 4 is 11.3 Å². The van der Waals surface area contributed by atoms with E-state index >= 15 is 0 Å². The summed E-state index contributed by atoms with van der Waals surface area (Å²) in [5, 5.41) is 14.8. The predicted molar refractivity (Wildman–Crippen MR) is 88.5 cm³/mol. The lowest BCUT2D eigenvalue weighted by Gasteiger charge is -2.38. The highest BCUT2D eigenvalue weighted by Gasteiger charge is 2.34. The van der Waals surface area contributed by atoms with E-state index in [0.29, 0.717) is 11.8 Å². The topological polar surface area (TPSA) is 37.8 Å². The number of nitrogens with one attached hydrogen (secondary N) is 1. The van der Waals surface area contributed by atoms with E-state index in [9.17, 15) is 0 Å². The Morgan fingerprint density at radius 1 is 1.10 bits per heavy atom. The molecule has 3 atom stereocenters. The molecule has 0 spiro atoms. The van der Waals surface area contributed by atoms with Gasteiger partial charge in [0.1, 0.15) is 10.0 Å². The van der Waals surface area contributed by atoms with E-state index in [1.807, 2.05) is 11.3 Å². The number of hydrogen-bond donors (Lipinski definition) is 1. The van der Waals surface area contributed by atoms with E-state index in [4.69, 9.17) is 0 Å². The van der Waals surface area contributed by atoms with E-state index in [-0.39, 0.29) is 0 Å². The maximum atomic E-state index is 4.50. The first-order chi connectivity index (χ1) is 10.2. The Bertz CT molecular complexity index is 443. The van der Waals surface area contributed by atoms with Crippen LogP contribution in [0.2, 0.25) is 0 Å². The van der Waals surface area contributed by atoms with Crippen molar-refractivity contribution in [3.63, 3.8) is 0 Å². The Hall–Kier alpha value is -0.480. The molecule has 1 aromatic heterocycles. The zero-order chi connectivity index (χ0) is 14.7. The van der Waals surface area contributed by atoms with Gasteiger partial charge in [-0.2, -0.15) is 0 Å². The number of rotatable bonds is 5. The highest BCUT2D eigenvalue weighted by atomic mass is 32.1. The summed E-state index contributed by atoms with van der Waals surface area (Å²) in [4.78, 5) is 0. The maximum Gasteiger partial charge on any atom is 0.131 e. The third-order valence-corrected chi connectivity index (χ3v) is 6.29. The summed E-state index contributed by atoms with van der Waals surface area (Å²) in [6, 6.07) is 0. The van der Waals surface area contributed by atoms with Gasteiger partial charge in [-0.15, -0.1) is 10.2 Å². The van der Waals surface area contributed by atoms with Gasteiger partial charge in [0.05, 0.1) is 0 Å². The molecule has 2 aliphatic carbocycles. The largest absolute Gasteiger partial charge is 0.310 e. The molecule has 1 heterocycles. The van der Waals surface area contributed by atoms with Crippen molar-refractivity contribution in [2.45, 2.75) is 71.3 Å². The molecule has 118 valence electrons. The first-order valence-corrected chi connectivity index (χ1v) is 9.57. The number of aromatic nitrogens is 2. The molecule has 2 aliphatic rings. The third-order valence-electron chi connectivity index (χ3n) is 5.20. The lowest BCUT2D eigenvalue weighted by molar-refractivity contribution is 0.155. The van der Waals surface area contributed by atoms with Crippen LogP contribution in [0.25, 0.3) is 0 Å². The summed E-state index contributed by atoms with van der Waals surface area (Å²) in [6.45, 7) is 6.42. The fraction of sp³-hybridized carbons (Fsp3) is 0.882. The summed E-state index contributed by atoms with van der Waals surface area (Å²) in [5.41, 5.74) is 0. The maximum absolute atomic E-state index is 4.50. The van der Waals surface area contributed by atoms with Gasteiger partial charge in [0.25, 0.3) is 0 Å². The van der Waals surface area contributed by atoms with Crippen LogP contribution in [-0.4, -0.2) is 16.7 Å². The molecule has 3 unspecified atom stereocenters. The standard InChI is InChI=1S/C17H29N3S/c1-12(2)10-18-11-16-19-20-17(21-16)15-8-7-13-5-3-4-6-14(13)9-15/h12-15,18H,3-11H2,1-2H3. The Morgan fingerprint density at radius 2 is 1.90 bits per heavy atom. The smallest absolute Gasteiger partial charge is 0.131 e. The van der Waals surface area contributed by atoms with Crippen LogP contribution in [0.4, 0.5) is 0 Å². The van der Waals surface area contributed by atoms with Gasteiger partial charge in [-0.05, 0) is 43.6 Å². The monoisotopic (exact) mass is 307 g/mol. The second-order valence-electron chi connectivity index (χ2n) is 7.37. The van der Waals surface area contributed by atoms with Crippen molar-refractivity contribution in [1.29, 1.82) is 0 Å². The van der Waals surface area contributed by atoms with Crippen LogP contribution < -0.4 is 5.32 Å². The molecule has 2 saturated carbocycles. The van der Waals surface area contributed by atoms with Crippen LogP contribution in [-0.2, 0) is 6.54 Å².